The molecule has 0 saturated heterocycles. The molecular formula is C65H71N5. The lowest BCUT2D eigenvalue weighted by atomic mass is 9.49. The molecule has 0 spiro atoms. The van der Waals surface area contributed by atoms with Gasteiger partial charge in [-0.15, -0.1) is 0 Å². The molecule has 4 aliphatic carbocycles. The third kappa shape index (κ3) is 7.34. The Labute approximate surface area is 415 Å². The maximum atomic E-state index is 5.76. The molecule has 0 radical (unpaired) electrons. The zero-order valence-electron chi connectivity index (χ0n) is 43.8. The van der Waals surface area contributed by atoms with Gasteiger partial charge in [0.1, 0.15) is 5.82 Å². The highest BCUT2D eigenvalue weighted by Gasteiger charge is 2.53. The Balaban J connectivity index is 1.11. The zero-order valence-corrected chi connectivity index (χ0v) is 43.8. The van der Waals surface area contributed by atoms with Crippen molar-refractivity contribution >= 4 is 43.6 Å². The molecule has 0 atom stereocenters. The van der Waals surface area contributed by atoms with Crippen LogP contribution in [0.15, 0.2) is 121 Å². The summed E-state index contributed by atoms with van der Waals surface area (Å²) in [5.74, 6) is 4.74. The Morgan fingerprint density at radius 3 is 0.986 bits per heavy atom. The Bertz CT molecular complexity index is 3180. The number of rotatable bonds is 5. The number of benzene rings is 6. The molecule has 4 aliphatic rings. The molecule has 0 unspecified atom stereocenters. The fraction of sp³-hybridized carbons (Fsp3) is 0.400. The van der Waals surface area contributed by atoms with E-state index in [1.807, 2.05) is 0 Å². The topological polar surface area (TPSA) is 48.5 Å². The van der Waals surface area contributed by atoms with Gasteiger partial charge < -0.3 is 9.13 Å². The average molecular weight is 922 g/mol. The van der Waals surface area contributed by atoms with Crippen LogP contribution in [0.3, 0.4) is 0 Å². The van der Waals surface area contributed by atoms with Crippen molar-refractivity contribution in [1.29, 1.82) is 0 Å². The first-order chi connectivity index (χ1) is 33.1. The summed E-state index contributed by atoms with van der Waals surface area (Å²) in [6.45, 7) is 27.8. The van der Waals surface area contributed by atoms with Gasteiger partial charge in [-0.05, 0) is 173 Å². The van der Waals surface area contributed by atoms with E-state index in [-0.39, 0.29) is 27.1 Å². The largest absolute Gasteiger partial charge is 0.309 e. The molecule has 0 N–H and O–H groups in total. The summed E-state index contributed by atoms with van der Waals surface area (Å²) in [5.41, 5.74) is 14.3. The summed E-state index contributed by atoms with van der Waals surface area (Å²) in [4.78, 5) is 17.2. The first-order valence-electron chi connectivity index (χ1n) is 26.3. The fourth-order valence-corrected chi connectivity index (χ4v) is 13.4. The summed E-state index contributed by atoms with van der Waals surface area (Å²) < 4.78 is 4.97. The van der Waals surface area contributed by atoms with E-state index in [9.17, 15) is 0 Å². The molecule has 4 fully saturated rings. The van der Waals surface area contributed by atoms with Crippen LogP contribution in [0.5, 0.6) is 0 Å². The van der Waals surface area contributed by atoms with Crippen LogP contribution in [0.25, 0.3) is 77.8 Å². The van der Waals surface area contributed by atoms with E-state index in [1.165, 1.54) is 104 Å². The quantitative estimate of drug-likeness (QED) is 0.173. The van der Waals surface area contributed by atoms with Crippen molar-refractivity contribution in [2.24, 2.45) is 17.8 Å². The maximum Gasteiger partial charge on any atom is 0.165 e. The zero-order chi connectivity index (χ0) is 48.9. The second-order valence-corrected chi connectivity index (χ2v) is 26.1. The van der Waals surface area contributed by atoms with Crippen LogP contribution < -0.4 is 0 Å². The van der Waals surface area contributed by atoms with Crippen molar-refractivity contribution in [3.63, 3.8) is 0 Å². The lowest BCUT2D eigenvalue weighted by molar-refractivity contribution is -0.00938. The fourth-order valence-electron chi connectivity index (χ4n) is 13.4. The van der Waals surface area contributed by atoms with Gasteiger partial charge in [-0.3, -0.25) is 0 Å². The number of fused-ring (bicyclic) bond motifs is 6. The lowest BCUT2D eigenvalue weighted by Gasteiger charge is -2.56. The van der Waals surface area contributed by atoms with Crippen LogP contribution in [0.1, 0.15) is 150 Å². The third-order valence-electron chi connectivity index (χ3n) is 16.9. The molecule has 0 aliphatic heterocycles. The highest BCUT2D eigenvalue weighted by molar-refractivity contribution is 6.11. The Morgan fingerprint density at radius 2 is 0.686 bits per heavy atom. The van der Waals surface area contributed by atoms with E-state index in [2.05, 4.69) is 214 Å². The second kappa shape index (κ2) is 15.5. The summed E-state index contributed by atoms with van der Waals surface area (Å²) in [5, 5.41) is 5.10. The predicted octanol–water partition coefficient (Wildman–Crippen LogP) is 17.1. The van der Waals surface area contributed by atoms with Crippen LogP contribution in [0.2, 0.25) is 0 Å². The van der Waals surface area contributed by atoms with Crippen molar-refractivity contribution < 1.29 is 0 Å². The van der Waals surface area contributed by atoms with Crippen LogP contribution in [-0.2, 0) is 27.1 Å². The van der Waals surface area contributed by atoms with Gasteiger partial charge >= 0.3 is 0 Å². The third-order valence-corrected chi connectivity index (χ3v) is 16.9. The van der Waals surface area contributed by atoms with Crippen LogP contribution >= 0.6 is 0 Å². The van der Waals surface area contributed by atoms with Gasteiger partial charge in [-0.1, -0.05) is 132 Å². The van der Waals surface area contributed by atoms with Gasteiger partial charge in [0.15, 0.2) is 11.6 Å². The Hall–Kier alpha value is -6.07. The molecule has 9 aromatic rings. The first kappa shape index (κ1) is 45.1. The smallest absolute Gasteiger partial charge is 0.165 e. The molecular weight excluding hydrogens is 851 g/mol. The maximum absolute atomic E-state index is 5.76. The minimum Gasteiger partial charge on any atom is -0.309 e. The van der Waals surface area contributed by atoms with E-state index in [1.54, 1.807) is 0 Å². The average Bonchev–Trinajstić information content (AvgIpc) is 3.81. The predicted molar refractivity (Wildman–Crippen MR) is 294 cm³/mol. The molecule has 6 aromatic carbocycles. The van der Waals surface area contributed by atoms with E-state index in [4.69, 9.17) is 15.0 Å². The molecule has 356 valence electrons. The van der Waals surface area contributed by atoms with E-state index in [0.29, 0.717) is 0 Å². The SMILES string of the molecule is CC(C)(C)c1ccc2c(c1)c1cc(C(C)(C)C)ccc1n2-c1ccccc1-c1nc(-c2ccccc2-n2c3ccc(C(C)(C)C)cc3c3cc(C(C)(C)C)ccc32)nc(C23CC4CC(CC(C4)C2)C3)n1. The summed E-state index contributed by atoms with van der Waals surface area (Å²) in [6, 6.07) is 46.2. The van der Waals surface area contributed by atoms with E-state index in [0.717, 1.165) is 57.7 Å². The van der Waals surface area contributed by atoms with Crippen LogP contribution in [0.4, 0.5) is 0 Å². The molecule has 70 heavy (non-hydrogen) atoms. The van der Waals surface area contributed by atoms with Crippen molar-refractivity contribution in [3.05, 3.63) is 149 Å². The van der Waals surface area contributed by atoms with Crippen molar-refractivity contribution in [2.45, 2.75) is 149 Å². The normalized spacial score (nSPS) is 20.7. The van der Waals surface area contributed by atoms with E-state index >= 15 is 0 Å². The molecule has 4 bridgehead atoms. The highest BCUT2D eigenvalue weighted by Crippen LogP contribution is 2.60. The summed E-state index contributed by atoms with van der Waals surface area (Å²) >= 11 is 0. The van der Waals surface area contributed by atoms with Gasteiger partial charge in [-0.25, -0.2) is 15.0 Å². The number of aromatic nitrogens is 5. The number of para-hydroxylation sites is 2. The Morgan fingerprint density at radius 1 is 0.386 bits per heavy atom. The molecule has 5 heteroatoms. The standard InChI is InChI=1S/C65H71N5/c1-61(2,3)42-21-25-54-48(32-42)49-33-43(62(4,5)6)22-26-55(49)69(54)52-19-15-13-17-46(52)58-66-59(68-60(67-58)65-36-39-29-40(37-65)31-41(30-39)38-65)47-18-14-16-20-53(47)70-56-27-23-44(63(7,8)9)34-50(56)51-35-45(64(10,11)12)24-28-57(51)70/h13-28,32-35,39-41H,29-31,36-38H2,1-12H3. The molecule has 0 amide bonds. The monoisotopic (exact) mass is 922 g/mol. The molecule has 13 rings (SSSR count). The van der Waals surface area contributed by atoms with Gasteiger partial charge in [0, 0.05) is 38.1 Å². The van der Waals surface area contributed by atoms with Gasteiger partial charge in [0.25, 0.3) is 0 Å². The summed E-state index contributed by atoms with van der Waals surface area (Å²) in [6.07, 6.45) is 7.59. The van der Waals surface area contributed by atoms with Crippen molar-refractivity contribution in [3.8, 4) is 34.2 Å². The molecule has 4 saturated carbocycles. The van der Waals surface area contributed by atoms with Crippen LogP contribution in [0, 0.1) is 17.8 Å². The number of hydrogen-bond acceptors (Lipinski definition) is 3. The first-order valence-corrected chi connectivity index (χ1v) is 26.3. The minimum atomic E-state index is -0.0514. The van der Waals surface area contributed by atoms with E-state index < -0.39 is 0 Å². The lowest BCUT2D eigenvalue weighted by Crippen LogP contribution is -2.49. The van der Waals surface area contributed by atoms with Crippen molar-refractivity contribution in [1.82, 2.24) is 24.1 Å². The summed E-state index contributed by atoms with van der Waals surface area (Å²) in [7, 11) is 0. The van der Waals surface area contributed by atoms with Crippen LogP contribution in [-0.4, -0.2) is 24.1 Å². The number of nitrogens with zero attached hydrogens (tertiary/aromatic N) is 5. The highest BCUT2D eigenvalue weighted by atomic mass is 15.1. The van der Waals surface area contributed by atoms with Gasteiger partial charge in [0.05, 0.1) is 33.4 Å². The number of hydrogen-bond donors (Lipinski definition) is 0. The Kier molecular flexibility index (Phi) is 9.96. The molecule has 3 heterocycles. The van der Waals surface area contributed by atoms with Gasteiger partial charge in [-0.2, -0.15) is 0 Å². The molecule has 5 nitrogen and oxygen atoms in total. The van der Waals surface area contributed by atoms with Crippen molar-refractivity contribution in [2.75, 3.05) is 0 Å². The minimum absolute atomic E-state index is 0.0113. The molecule has 3 aromatic heterocycles. The second-order valence-electron chi connectivity index (χ2n) is 26.1. The van der Waals surface area contributed by atoms with Gasteiger partial charge in [0.2, 0.25) is 0 Å².